The van der Waals surface area contributed by atoms with Gasteiger partial charge in [0.05, 0.1) is 12.6 Å². The Morgan fingerprint density at radius 3 is 2.77 bits per heavy atom. The van der Waals surface area contributed by atoms with Gasteiger partial charge in [-0.05, 0) is 34.1 Å². The molecule has 0 spiro atoms. The number of hydrogen-bond acceptors (Lipinski definition) is 4. The third-order valence-corrected chi connectivity index (χ3v) is 3.95. The molecule has 5 nitrogen and oxygen atoms in total. The minimum Gasteiger partial charge on any atom is -0.480 e. The summed E-state index contributed by atoms with van der Waals surface area (Å²) in [5.41, 5.74) is 0.822. The van der Waals surface area contributed by atoms with E-state index in [-0.39, 0.29) is 11.8 Å². The molecule has 0 atom stereocenters. The zero-order chi connectivity index (χ0) is 15.7. The molecule has 1 aromatic carbocycles. The molecule has 3 aromatic rings. The molecule has 3 rings (SSSR count). The van der Waals surface area contributed by atoms with Crippen LogP contribution in [-0.2, 0) is 0 Å². The first-order valence-electron chi connectivity index (χ1n) is 6.21. The topological polar surface area (TPSA) is 49.2 Å². The molecule has 0 bridgehead atoms. The summed E-state index contributed by atoms with van der Waals surface area (Å²) in [6, 6.07) is 7.39. The minimum atomic E-state index is -1.00. The first kappa shape index (κ1) is 15.1. The highest BCUT2D eigenvalue weighted by Gasteiger charge is 2.16. The Balaban J connectivity index is 2.21. The van der Waals surface area contributed by atoms with Crippen LogP contribution in [0.1, 0.15) is 0 Å². The number of aromatic nitrogens is 3. The SMILES string of the molecule is COc1nc(-n2ccc3ccc(Cl)cc32)nc(OCF)c1Br. The quantitative estimate of drug-likeness (QED) is 0.676. The summed E-state index contributed by atoms with van der Waals surface area (Å²) in [6.45, 7) is -1.00. The van der Waals surface area contributed by atoms with Crippen LogP contribution in [0.2, 0.25) is 5.02 Å². The highest BCUT2D eigenvalue weighted by Crippen LogP contribution is 2.33. The van der Waals surface area contributed by atoms with E-state index in [0.717, 1.165) is 10.9 Å². The van der Waals surface area contributed by atoms with Gasteiger partial charge in [0.1, 0.15) is 4.47 Å². The number of rotatable bonds is 4. The number of hydrogen-bond donors (Lipinski definition) is 0. The van der Waals surface area contributed by atoms with Gasteiger partial charge in [-0.25, -0.2) is 4.39 Å². The standard InChI is InChI=1S/C14H10BrClFN3O2/c1-21-12-11(15)13(22-7-17)19-14(18-12)20-5-4-8-2-3-9(16)6-10(8)20/h2-6H,7H2,1H3. The van der Waals surface area contributed by atoms with E-state index in [9.17, 15) is 4.39 Å². The number of alkyl halides is 1. The predicted octanol–water partition coefficient (Wildman–Crippen LogP) is 4.15. The fraction of sp³-hybridized carbons (Fsp3) is 0.143. The first-order valence-corrected chi connectivity index (χ1v) is 7.38. The molecule has 2 aromatic heterocycles. The summed E-state index contributed by atoms with van der Waals surface area (Å²) < 4.78 is 24.6. The van der Waals surface area contributed by atoms with Gasteiger partial charge in [-0.15, -0.1) is 0 Å². The van der Waals surface area contributed by atoms with Crippen LogP contribution in [0.5, 0.6) is 11.8 Å². The molecule has 2 heterocycles. The third-order valence-electron chi connectivity index (χ3n) is 3.03. The Hall–Kier alpha value is -1.86. The van der Waals surface area contributed by atoms with Gasteiger partial charge in [-0.3, -0.25) is 4.57 Å². The molecule has 0 aliphatic heterocycles. The summed E-state index contributed by atoms with van der Waals surface area (Å²) in [6.07, 6.45) is 1.79. The Bertz CT molecular complexity index is 840. The Kier molecular flexibility index (Phi) is 4.17. The van der Waals surface area contributed by atoms with E-state index in [1.807, 2.05) is 12.1 Å². The van der Waals surface area contributed by atoms with Crippen LogP contribution in [-0.4, -0.2) is 28.5 Å². The lowest BCUT2D eigenvalue weighted by Crippen LogP contribution is -2.05. The second-order valence-electron chi connectivity index (χ2n) is 4.29. The lowest BCUT2D eigenvalue weighted by atomic mass is 10.2. The molecule has 0 saturated carbocycles. The van der Waals surface area contributed by atoms with E-state index in [4.69, 9.17) is 21.1 Å². The molecule has 114 valence electrons. The summed E-state index contributed by atoms with van der Waals surface area (Å²) in [7, 11) is 1.46. The highest BCUT2D eigenvalue weighted by atomic mass is 79.9. The molecule has 0 unspecified atom stereocenters. The van der Waals surface area contributed by atoms with Crippen molar-refractivity contribution in [3.8, 4) is 17.7 Å². The Labute approximate surface area is 138 Å². The number of fused-ring (bicyclic) bond motifs is 1. The molecule has 0 N–H and O–H groups in total. The monoisotopic (exact) mass is 385 g/mol. The summed E-state index contributed by atoms with van der Waals surface area (Å²) in [4.78, 5) is 8.51. The molecule has 22 heavy (non-hydrogen) atoms. The van der Waals surface area contributed by atoms with Crippen molar-refractivity contribution < 1.29 is 13.9 Å². The van der Waals surface area contributed by atoms with Crippen LogP contribution in [0.15, 0.2) is 34.9 Å². The van der Waals surface area contributed by atoms with Crippen molar-refractivity contribution in [3.63, 3.8) is 0 Å². The van der Waals surface area contributed by atoms with Crippen molar-refractivity contribution >= 4 is 38.4 Å². The highest BCUT2D eigenvalue weighted by molar-refractivity contribution is 9.10. The van der Waals surface area contributed by atoms with E-state index >= 15 is 0 Å². The summed E-state index contributed by atoms with van der Waals surface area (Å²) >= 11 is 9.27. The summed E-state index contributed by atoms with van der Waals surface area (Å²) in [5.74, 6) is 0.603. The molecule has 0 saturated heterocycles. The van der Waals surface area contributed by atoms with Crippen molar-refractivity contribution in [2.45, 2.75) is 0 Å². The molecular formula is C14H10BrClFN3O2. The zero-order valence-electron chi connectivity index (χ0n) is 11.4. The first-order chi connectivity index (χ1) is 10.6. The Morgan fingerprint density at radius 2 is 2.05 bits per heavy atom. The fourth-order valence-corrected chi connectivity index (χ4v) is 2.68. The van der Waals surface area contributed by atoms with Crippen LogP contribution < -0.4 is 9.47 Å². The Morgan fingerprint density at radius 1 is 1.27 bits per heavy atom. The molecular weight excluding hydrogens is 377 g/mol. The molecule has 0 radical (unpaired) electrons. The maximum atomic E-state index is 12.5. The fourth-order valence-electron chi connectivity index (χ4n) is 2.06. The van der Waals surface area contributed by atoms with E-state index in [2.05, 4.69) is 25.9 Å². The largest absolute Gasteiger partial charge is 0.480 e. The smallest absolute Gasteiger partial charge is 0.240 e. The van der Waals surface area contributed by atoms with E-state index in [1.54, 1.807) is 22.9 Å². The number of methoxy groups -OCH3 is 1. The van der Waals surface area contributed by atoms with Gasteiger partial charge in [0, 0.05) is 16.6 Å². The zero-order valence-corrected chi connectivity index (χ0v) is 13.7. The van der Waals surface area contributed by atoms with Crippen LogP contribution >= 0.6 is 27.5 Å². The van der Waals surface area contributed by atoms with Gasteiger partial charge in [-0.1, -0.05) is 17.7 Å². The average molecular weight is 387 g/mol. The molecule has 8 heteroatoms. The van der Waals surface area contributed by atoms with Crippen molar-refractivity contribution in [2.24, 2.45) is 0 Å². The normalized spacial score (nSPS) is 10.9. The van der Waals surface area contributed by atoms with E-state index < -0.39 is 6.86 Å². The molecule has 0 fully saturated rings. The van der Waals surface area contributed by atoms with Gasteiger partial charge >= 0.3 is 0 Å². The van der Waals surface area contributed by atoms with Crippen LogP contribution in [0.25, 0.3) is 16.9 Å². The molecule has 0 aliphatic rings. The maximum Gasteiger partial charge on any atom is 0.240 e. The van der Waals surface area contributed by atoms with Gasteiger partial charge in [-0.2, -0.15) is 9.97 Å². The number of benzene rings is 1. The van der Waals surface area contributed by atoms with Gasteiger partial charge in [0.2, 0.25) is 24.6 Å². The van der Waals surface area contributed by atoms with Crippen LogP contribution in [0, 0.1) is 0 Å². The predicted molar refractivity (Wildman–Crippen MR) is 84.7 cm³/mol. The van der Waals surface area contributed by atoms with Crippen LogP contribution in [0.4, 0.5) is 4.39 Å². The number of ether oxygens (including phenoxy) is 2. The van der Waals surface area contributed by atoms with E-state index in [0.29, 0.717) is 15.4 Å². The third kappa shape index (κ3) is 2.62. The second-order valence-corrected chi connectivity index (χ2v) is 5.52. The van der Waals surface area contributed by atoms with Crippen LogP contribution in [0.3, 0.4) is 0 Å². The second kappa shape index (κ2) is 6.10. The van der Waals surface area contributed by atoms with Gasteiger partial charge in [0.15, 0.2) is 0 Å². The summed E-state index contributed by atoms with van der Waals surface area (Å²) in [5, 5.41) is 1.57. The molecule has 0 aliphatic carbocycles. The van der Waals surface area contributed by atoms with Gasteiger partial charge < -0.3 is 9.47 Å². The number of nitrogens with zero attached hydrogens (tertiary/aromatic N) is 3. The van der Waals surface area contributed by atoms with E-state index in [1.165, 1.54) is 7.11 Å². The maximum absolute atomic E-state index is 12.5. The minimum absolute atomic E-state index is 0.0632. The van der Waals surface area contributed by atoms with Crippen molar-refractivity contribution in [3.05, 3.63) is 40.0 Å². The van der Waals surface area contributed by atoms with Crippen molar-refractivity contribution in [1.82, 2.24) is 14.5 Å². The lowest BCUT2D eigenvalue weighted by Gasteiger charge is -2.11. The number of halogens is 3. The van der Waals surface area contributed by atoms with Crippen molar-refractivity contribution in [2.75, 3.05) is 14.0 Å². The average Bonchev–Trinajstić information content (AvgIpc) is 2.92. The van der Waals surface area contributed by atoms with Gasteiger partial charge in [0.25, 0.3) is 0 Å². The lowest BCUT2D eigenvalue weighted by molar-refractivity contribution is 0.182. The molecule has 0 amide bonds. The van der Waals surface area contributed by atoms with Crippen molar-refractivity contribution in [1.29, 1.82) is 0 Å².